The maximum atomic E-state index is 13.3. The average Bonchev–Trinajstić information content (AvgIpc) is 3.61. The Morgan fingerprint density at radius 2 is 1.97 bits per heavy atom. The summed E-state index contributed by atoms with van der Waals surface area (Å²) in [4.78, 5) is 45.9. The third-order valence-corrected chi connectivity index (χ3v) is 6.03. The van der Waals surface area contributed by atoms with Gasteiger partial charge in [-0.2, -0.15) is 0 Å². The molecule has 0 bridgehead atoms. The summed E-state index contributed by atoms with van der Waals surface area (Å²) >= 11 is 0. The molecule has 1 aromatic carbocycles. The summed E-state index contributed by atoms with van der Waals surface area (Å²) in [7, 11) is 1.27. The van der Waals surface area contributed by atoms with E-state index in [1.807, 2.05) is 38.1 Å². The molecule has 1 aliphatic heterocycles. The van der Waals surface area contributed by atoms with Gasteiger partial charge in [-0.1, -0.05) is 31.2 Å². The molecule has 2 atom stereocenters. The second kappa shape index (κ2) is 9.95. The van der Waals surface area contributed by atoms with E-state index < -0.39 is 18.0 Å². The third kappa shape index (κ3) is 5.00. The van der Waals surface area contributed by atoms with Gasteiger partial charge in [-0.15, -0.1) is 5.10 Å². The van der Waals surface area contributed by atoms with Crippen molar-refractivity contribution in [1.82, 2.24) is 35.2 Å². The number of hydrogen-bond donors (Lipinski definition) is 3. The van der Waals surface area contributed by atoms with Gasteiger partial charge in [-0.05, 0) is 36.5 Å². The summed E-state index contributed by atoms with van der Waals surface area (Å²) in [6, 6.07) is 6.57. The van der Waals surface area contributed by atoms with Crippen molar-refractivity contribution in [3.8, 4) is 16.9 Å². The third-order valence-electron chi connectivity index (χ3n) is 6.03. The van der Waals surface area contributed by atoms with Crippen LogP contribution in [0.5, 0.6) is 0 Å². The van der Waals surface area contributed by atoms with Crippen LogP contribution < -0.4 is 11.1 Å². The fourth-order valence-corrected chi connectivity index (χ4v) is 4.14. The van der Waals surface area contributed by atoms with E-state index in [1.165, 1.54) is 18.0 Å². The maximum absolute atomic E-state index is 13.3. The smallest absolute Gasteiger partial charge is 0.407 e. The molecule has 2 aromatic heterocycles. The van der Waals surface area contributed by atoms with Gasteiger partial charge < -0.3 is 25.7 Å². The van der Waals surface area contributed by atoms with Crippen molar-refractivity contribution in [3.63, 3.8) is 0 Å². The molecule has 35 heavy (non-hydrogen) atoms. The van der Waals surface area contributed by atoms with Crippen molar-refractivity contribution >= 4 is 17.9 Å². The Kier molecular flexibility index (Phi) is 6.80. The first-order valence-electron chi connectivity index (χ1n) is 11.3. The number of H-pyrrole nitrogens is 1. The molecule has 0 unspecified atom stereocenters. The number of imidazole rings is 1. The van der Waals surface area contributed by atoms with Crippen molar-refractivity contribution in [2.75, 3.05) is 13.7 Å². The number of carbonyl (C=O) groups excluding carboxylic acids is 3. The summed E-state index contributed by atoms with van der Waals surface area (Å²) in [6.07, 6.45) is 4.19. The lowest BCUT2D eigenvalue weighted by molar-refractivity contribution is -0.135. The Morgan fingerprint density at radius 3 is 2.60 bits per heavy atom. The van der Waals surface area contributed by atoms with Crippen LogP contribution in [-0.2, 0) is 9.53 Å². The molecular weight excluding hydrogens is 452 g/mol. The minimum absolute atomic E-state index is 0.0874. The minimum Gasteiger partial charge on any atom is -0.453 e. The van der Waals surface area contributed by atoms with Crippen LogP contribution >= 0.6 is 0 Å². The Morgan fingerprint density at radius 1 is 1.23 bits per heavy atom. The van der Waals surface area contributed by atoms with Gasteiger partial charge in [0.1, 0.15) is 11.9 Å². The highest BCUT2D eigenvalue weighted by Gasteiger charge is 2.37. The van der Waals surface area contributed by atoms with Crippen LogP contribution in [-0.4, -0.2) is 67.5 Å². The van der Waals surface area contributed by atoms with Crippen LogP contribution in [0.4, 0.5) is 4.79 Å². The number of amides is 3. The Hall–Kier alpha value is -4.22. The van der Waals surface area contributed by atoms with Gasteiger partial charge >= 0.3 is 6.09 Å². The molecule has 1 fully saturated rings. The molecule has 3 aromatic rings. The molecule has 0 spiro atoms. The quantitative estimate of drug-likeness (QED) is 0.464. The molecule has 0 radical (unpaired) electrons. The molecule has 3 amide bonds. The van der Waals surface area contributed by atoms with Crippen LogP contribution in [0, 0.1) is 5.92 Å². The molecule has 0 saturated carbocycles. The van der Waals surface area contributed by atoms with E-state index in [4.69, 9.17) is 5.73 Å². The van der Waals surface area contributed by atoms with Gasteiger partial charge in [-0.25, -0.2) is 14.5 Å². The number of likely N-dealkylation sites (tertiary alicyclic amines) is 1. The van der Waals surface area contributed by atoms with Crippen LogP contribution in [0.15, 0.2) is 36.7 Å². The fourth-order valence-electron chi connectivity index (χ4n) is 4.14. The highest BCUT2D eigenvalue weighted by Crippen LogP contribution is 2.32. The van der Waals surface area contributed by atoms with E-state index in [0.717, 1.165) is 29.8 Å². The van der Waals surface area contributed by atoms with Gasteiger partial charge in [0.25, 0.3) is 5.91 Å². The van der Waals surface area contributed by atoms with E-state index in [9.17, 15) is 14.4 Å². The lowest BCUT2D eigenvalue weighted by Crippen LogP contribution is -2.51. The minimum atomic E-state index is -0.683. The first-order valence-corrected chi connectivity index (χ1v) is 11.3. The molecule has 3 heterocycles. The first kappa shape index (κ1) is 23.9. The molecule has 184 valence electrons. The Labute approximate surface area is 201 Å². The second-order valence-corrected chi connectivity index (χ2v) is 8.69. The Bertz CT molecular complexity index is 1220. The van der Waals surface area contributed by atoms with Crippen LogP contribution in [0.3, 0.4) is 0 Å². The molecular formula is C23H28N8O4. The lowest BCUT2D eigenvalue weighted by atomic mass is 10.0. The van der Waals surface area contributed by atoms with Crippen LogP contribution in [0.2, 0.25) is 0 Å². The number of methoxy groups -OCH3 is 1. The molecule has 12 heteroatoms. The van der Waals surface area contributed by atoms with Crippen LogP contribution in [0.1, 0.15) is 49.0 Å². The lowest BCUT2D eigenvalue weighted by Gasteiger charge is -2.30. The maximum Gasteiger partial charge on any atom is 0.407 e. The van der Waals surface area contributed by atoms with E-state index in [0.29, 0.717) is 12.4 Å². The van der Waals surface area contributed by atoms with Crippen LogP contribution in [0.25, 0.3) is 16.9 Å². The largest absolute Gasteiger partial charge is 0.453 e. The standard InChI is InChI=1S/C23H28N8O4/c1-13(2)19(27-23(34)35-3)22(33)30-10-4-5-18(30)21-25-11-16(26-21)14-6-8-15(9-7-14)31-12-17(20(24)32)28-29-31/h6-9,11-13,18-19H,4-5,10H2,1-3H3,(H2,24,32)(H,25,26)(H,27,34)/t18-,19-/m0/s1. The van der Waals surface area contributed by atoms with Gasteiger partial charge in [0.15, 0.2) is 5.69 Å². The topological polar surface area (TPSA) is 161 Å². The number of primary amides is 1. The van der Waals surface area contributed by atoms with Gasteiger partial charge in [-0.3, -0.25) is 9.59 Å². The molecule has 0 aliphatic carbocycles. The highest BCUT2D eigenvalue weighted by molar-refractivity contribution is 5.90. The van der Waals surface area contributed by atoms with Crippen molar-refractivity contribution in [1.29, 1.82) is 0 Å². The van der Waals surface area contributed by atoms with Crippen molar-refractivity contribution in [2.24, 2.45) is 11.7 Å². The van der Waals surface area contributed by atoms with Crippen molar-refractivity contribution < 1.29 is 19.1 Å². The van der Waals surface area contributed by atoms with E-state index in [-0.39, 0.29) is 23.6 Å². The molecule has 1 saturated heterocycles. The fraction of sp³-hybridized carbons (Fsp3) is 0.391. The van der Waals surface area contributed by atoms with E-state index >= 15 is 0 Å². The number of benzene rings is 1. The number of carbonyl (C=O) groups is 3. The number of nitrogens with two attached hydrogens (primary N) is 1. The predicted molar refractivity (Wildman–Crippen MR) is 125 cm³/mol. The number of rotatable bonds is 7. The molecule has 4 N–H and O–H groups in total. The van der Waals surface area contributed by atoms with E-state index in [1.54, 1.807) is 11.1 Å². The zero-order valence-corrected chi connectivity index (χ0v) is 19.8. The summed E-state index contributed by atoms with van der Waals surface area (Å²) in [5, 5.41) is 10.3. The average molecular weight is 481 g/mol. The zero-order valence-electron chi connectivity index (χ0n) is 19.8. The summed E-state index contributed by atoms with van der Waals surface area (Å²) in [5.74, 6) is -0.202. The highest BCUT2D eigenvalue weighted by atomic mass is 16.5. The SMILES string of the molecule is COC(=O)N[C@H](C(=O)N1CCC[C@H]1c1ncc(-c2ccc(-n3cc(C(N)=O)nn3)cc2)[nH]1)C(C)C. The zero-order chi connectivity index (χ0) is 25.1. The number of alkyl carbamates (subject to hydrolysis) is 1. The van der Waals surface area contributed by atoms with Gasteiger partial charge in [0.05, 0.1) is 36.9 Å². The second-order valence-electron chi connectivity index (χ2n) is 8.69. The first-order chi connectivity index (χ1) is 16.8. The summed E-state index contributed by atoms with van der Waals surface area (Å²) in [5.41, 5.74) is 7.74. The molecule has 4 rings (SSSR count). The number of nitrogens with one attached hydrogen (secondary N) is 2. The van der Waals surface area contributed by atoms with Crippen molar-refractivity contribution in [2.45, 2.75) is 38.8 Å². The number of hydrogen-bond acceptors (Lipinski definition) is 7. The van der Waals surface area contributed by atoms with Gasteiger partial charge in [0, 0.05) is 6.54 Å². The monoisotopic (exact) mass is 480 g/mol. The number of ether oxygens (including phenoxy) is 1. The van der Waals surface area contributed by atoms with Gasteiger partial charge in [0.2, 0.25) is 5.91 Å². The van der Waals surface area contributed by atoms with Crippen molar-refractivity contribution in [3.05, 3.63) is 48.2 Å². The summed E-state index contributed by atoms with van der Waals surface area (Å²) in [6.45, 7) is 4.35. The predicted octanol–water partition coefficient (Wildman–Crippen LogP) is 1.80. The van der Waals surface area contributed by atoms with E-state index in [2.05, 4.69) is 30.3 Å². The Balaban J connectivity index is 1.50. The molecule has 12 nitrogen and oxygen atoms in total. The molecule has 1 aliphatic rings. The number of nitrogens with zero attached hydrogens (tertiary/aromatic N) is 5. The normalized spacial score (nSPS) is 16.3. The summed E-state index contributed by atoms with van der Waals surface area (Å²) < 4.78 is 6.16. The number of aromatic amines is 1. The number of aromatic nitrogens is 5.